The summed E-state index contributed by atoms with van der Waals surface area (Å²) in [5.41, 5.74) is 4.37. The molecule has 162 valence electrons. The quantitative estimate of drug-likeness (QED) is 0.301. The molecule has 10 heteroatoms. The Balaban J connectivity index is 1.58. The number of aromatic nitrogens is 1. The minimum atomic E-state index is -4.04. The SMILES string of the molecule is Cc1ccccc1-c1nc(-c2ccc(Nc3ccc(S(N)(=O)=O)cc3[N+](=O)[O-])cc2)cs1. The van der Waals surface area contributed by atoms with Crippen molar-refractivity contribution in [1.82, 2.24) is 4.98 Å². The molecule has 0 radical (unpaired) electrons. The number of nitrogens with one attached hydrogen (secondary N) is 1. The zero-order valence-electron chi connectivity index (χ0n) is 16.8. The fourth-order valence-corrected chi connectivity index (χ4v) is 4.62. The number of nitro benzene ring substituents is 1. The highest BCUT2D eigenvalue weighted by Gasteiger charge is 2.19. The average molecular weight is 467 g/mol. The number of anilines is 2. The Hall–Kier alpha value is -3.60. The lowest BCUT2D eigenvalue weighted by molar-refractivity contribution is -0.384. The highest BCUT2D eigenvalue weighted by Crippen LogP contribution is 2.33. The Morgan fingerprint density at radius 2 is 1.78 bits per heavy atom. The van der Waals surface area contributed by atoms with Crippen LogP contribution in [-0.2, 0) is 10.0 Å². The maximum Gasteiger partial charge on any atom is 0.294 e. The number of primary sulfonamides is 1. The lowest BCUT2D eigenvalue weighted by Gasteiger charge is -2.09. The molecule has 32 heavy (non-hydrogen) atoms. The second-order valence-corrected chi connectivity index (χ2v) is 9.46. The normalized spacial score (nSPS) is 11.3. The molecule has 1 heterocycles. The molecule has 0 atom stereocenters. The number of nitro groups is 1. The Bertz CT molecular complexity index is 1410. The van der Waals surface area contributed by atoms with Crippen LogP contribution in [0.4, 0.5) is 17.1 Å². The van der Waals surface area contributed by atoms with E-state index in [0.717, 1.165) is 33.5 Å². The van der Waals surface area contributed by atoms with E-state index in [1.165, 1.54) is 12.1 Å². The Morgan fingerprint density at radius 3 is 2.44 bits per heavy atom. The van der Waals surface area contributed by atoms with E-state index < -0.39 is 14.9 Å². The molecule has 4 rings (SSSR count). The lowest BCUT2D eigenvalue weighted by Crippen LogP contribution is -2.12. The molecule has 3 N–H and O–H groups in total. The summed E-state index contributed by atoms with van der Waals surface area (Å²) in [4.78, 5) is 15.2. The summed E-state index contributed by atoms with van der Waals surface area (Å²) in [5, 5.41) is 22.3. The largest absolute Gasteiger partial charge is 0.350 e. The van der Waals surface area contributed by atoms with Crippen molar-refractivity contribution < 1.29 is 13.3 Å². The van der Waals surface area contributed by atoms with E-state index in [9.17, 15) is 18.5 Å². The maximum absolute atomic E-state index is 11.5. The molecule has 4 aromatic rings. The molecule has 0 saturated heterocycles. The summed E-state index contributed by atoms with van der Waals surface area (Å²) in [6.07, 6.45) is 0. The van der Waals surface area contributed by atoms with Gasteiger partial charge in [0, 0.05) is 28.3 Å². The molecule has 0 saturated carbocycles. The van der Waals surface area contributed by atoms with Crippen LogP contribution in [0.1, 0.15) is 5.56 Å². The minimum absolute atomic E-state index is 0.158. The van der Waals surface area contributed by atoms with Gasteiger partial charge >= 0.3 is 0 Å². The fraction of sp³-hybridized carbons (Fsp3) is 0.0455. The Morgan fingerprint density at radius 1 is 1.06 bits per heavy atom. The second-order valence-electron chi connectivity index (χ2n) is 7.04. The smallest absolute Gasteiger partial charge is 0.294 e. The lowest BCUT2D eigenvalue weighted by atomic mass is 10.1. The standard InChI is InChI=1S/C22H18N4O4S2/c1-14-4-2-3-5-18(14)22-25-20(13-31-22)15-6-8-16(9-7-15)24-19-11-10-17(32(23,29)30)12-21(19)26(27)28/h2-13,24H,1H3,(H2,23,29,30). The van der Waals surface area contributed by atoms with E-state index in [1.807, 2.05) is 48.7 Å². The highest BCUT2D eigenvalue weighted by molar-refractivity contribution is 7.89. The van der Waals surface area contributed by atoms with Crippen LogP contribution in [0.2, 0.25) is 0 Å². The third-order valence-electron chi connectivity index (χ3n) is 4.83. The van der Waals surface area contributed by atoms with Gasteiger partial charge in [0.05, 0.1) is 15.5 Å². The van der Waals surface area contributed by atoms with E-state index in [-0.39, 0.29) is 16.3 Å². The predicted octanol–water partition coefficient (Wildman–Crippen LogP) is 5.08. The van der Waals surface area contributed by atoms with Crippen LogP contribution in [0.15, 0.2) is 77.0 Å². The fourth-order valence-electron chi connectivity index (χ4n) is 3.17. The van der Waals surface area contributed by atoms with E-state index in [2.05, 4.69) is 5.32 Å². The third kappa shape index (κ3) is 4.52. The number of hydrogen-bond acceptors (Lipinski definition) is 7. The first-order valence-electron chi connectivity index (χ1n) is 9.42. The number of benzene rings is 3. The number of nitrogens with zero attached hydrogens (tertiary/aromatic N) is 2. The van der Waals surface area contributed by atoms with Gasteiger partial charge in [-0.1, -0.05) is 36.4 Å². The molecule has 0 spiro atoms. The summed E-state index contributed by atoms with van der Waals surface area (Å²) in [6.45, 7) is 2.05. The summed E-state index contributed by atoms with van der Waals surface area (Å²) >= 11 is 1.57. The van der Waals surface area contributed by atoms with Gasteiger partial charge in [0.25, 0.3) is 5.69 Å². The molecule has 1 aromatic heterocycles. The first-order valence-corrected chi connectivity index (χ1v) is 11.9. The van der Waals surface area contributed by atoms with Crippen molar-refractivity contribution in [2.75, 3.05) is 5.32 Å². The van der Waals surface area contributed by atoms with Crippen LogP contribution in [0.25, 0.3) is 21.8 Å². The van der Waals surface area contributed by atoms with E-state index in [4.69, 9.17) is 10.1 Å². The molecule has 0 bridgehead atoms. The van der Waals surface area contributed by atoms with Gasteiger partial charge in [0.2, 0.25) is 10.0 Å². The molecule has 0 aliphatic carbocycles. The highest BCUT2D eigenvalue weighted by atomic mass is 32.2. The number of rotatable bonds is 6. The molecule has 8 nitrogen and oxygen atoms in total. The molecular weight excluding hydrogens is 448 g/mol. The minimum Gasteiger partial charge on any atom is -0.350 e. The van der Waals surface area contributed by atoms with Crippen molar-refractivity contribution in [2.45, 2.75) is 11.8 Å². The number of nitrogens with two attached hydrogens (primary N) is 1. The molecule has 0 amide bonds. The van der Waals surface area contributed by atoms with Crippen molar-refractivity contribution in [2.24, 2.45) is 5.14 Å². The van der Waals surface area contributed by atoms with Crippen LogP contribution >= 0.6 is 11.3 Å². The van der Waals surface area contributed by atoms with Gasteiger partial charge in [-0.3, -0.25) is 10.1 Å². The van der Waals surface area contributed by atoms with Gasteiger partial charge in [0.15, 0.2) is 0 Å². The number of aryl methyl sites for hydroxylation is 1. The van der Waals surface area contributed by atoms with E-state index >= 15 is 0 Å². The number of hydrogen-bond donors (Lipinski definition) is 2. The van der Waals surface area contributed by atoms with Gasteiger partial charge in [-0.2, -0.15) is 0 Å². The van der Waals surface area contributed by atoms with Crippen LogP contribution in [0.3, 0.4) is 0 Å². The van der Waals surface area contributed by atoms with Gasteiger partial charge in [0.1, 0.15) is 10.7 Å². The monoisotopic (exact) mass is 466 g/mol. The molecule has 0 unspecified atom stereocenters. The summed E-state index contributed by atoms with van der Waals surface area (Å²) in [6, 6.07) is 18.8. The Kier molecular flexibility index (Phi) is 5.74. The molecule has 3 aromatic carbocycles. The first kappa shape index (κ1) is 21.6. The molecular formula is C22H18N4O4S2. The van der Waals surface area contributed by atoms with Crippen LogP contribution in [0, 0.1) is 17.0 Å². The summed E-state index contributed by atoms with van der Waals surface area (Å²) in [7, 11) is -4.04. The van der Waals surface area contributed by atoms with Crippen molar-refractivity contribution >= 4 is 38.4 Å². The van der Waals surface area contributed by atoms with Gasteiger partial charge < -0.3 is 5.32 Å². The van der Waals surface area contributed by atoms with Gasteiger partial charge in [-0.25, -0.2) is 18.5 Å². The van der Waals surface area contributed by atoms with Gasteiger partial charge in [-0.15, -0.1) is 11.3 Å². The van der Waals surface area contributed by atoms with Crippen molar-refractivity contribution in [1.29, 1.82) is 0 Å². The number of thiazole rings is 1. The number of sulfonamides is 1. The second kappa shape index (κ2) is 8.50. The molecule has 0 aliphatic heterocycles. The topological polar surface area (TPSA) is 128 Å². The first-order chi connectivity index (χ1) is 15.2. The van der Waals surface area contributed by atoms with E-state index in [0.29, 0.717) is 5.69 Å². The predicted molar refractivity (Wildman–Crippen MR) is 125 cm³/mol. The van der Waals surface area contributed by atoms with Crippen molar-refractivity contribution in [3.63, 3.8) is 0 Å². The summed E-state index contributed by atoms with van der Waals surface area (Å²) in [5.74, 6) is 0. The van der Waals surface area contributed by atoms with Crippen molar-refractivity contribution in [3.05, 3.63) is 87.8 Å². The van der Waals surface area contributed by atoms with E-state index in [1.54, 1.807) is 23.5 Å². The summed E-state index contributed by atoms with van der Waals surface area (Å²) < 4.78 is 23.0. The van der Waals surface area contributed by atoms with Gasteiger partial charge in [-0.05, 0) is 36.8 Å². The van der Waals surface area contributed by atoms with Crippen LogP contribution in [-0.4, -0.2) is 18.3 Å². The van der Waals surface area contributed by atoms with Crippen LogP contribution < -0.4 is 10.5 Å². The molecule has 0 aliphatic rings. The Labute approximate surface area is 188 Å². The zero-order valence-corrected chi connectivity index (χ0v) is 18.5. The van der Waals surface area contributed by atoms with Crippen LogP contribution in [0.5, 0.6) is 0 Å². The zero-order chi connectivity index (χ0) is 22.9. The molecule has 0 fully saturated rings. The maximum atomic E-state index is 11.5. The average Bonchev–Trinajstić information content (AvgIpc) is 3.24. The van der Waals surface area contributed by atoms with Crippen molar-refractivity contribution in [3.8, 4) is 21.8 Å². The third-order valence-corrected chi connectivity index (χ3v) is 6.62.